The van der Waals surface area contributed by atoms with E-state index in [1.54, 1.807) is 24.3 Å². The number of halogens is 1. The summed E-state index contributed by atoms with van der Waals surface area (Å²) in [6.07, 6.45) is -6.34. The number of benzene rings is 2. The number of esters is 1. The second kappa shape index (κ2) is 10.4. The molecular formula is C26H31FO9. The fourth-order valence-corrected chi connectivity index (χ4v) is 4.29. The van der Waals surface area contributed by atoms with Crippen LogP contribution in [-0.4, -0.2) is 68.1 Å². The molecule has 0 unspecified atom stereocenters. The van der Waals surface area contributed by atoms with Gasteiger partial charge < -0.3 is 39.7 Å². The molecule has 2 aromatic carbocycles. The quantitative estimate of drug-likeness (QED) is 0.331. The maximum atomic E-state index is 15.5. The van der Waals surface area contributed by atoms with Gasteiger partial charge in [-0.3, -0.25) is 4.79 Å². The molecule has 196 valence electrons. The minimum Gasteiger partial charge on any atom is -0.490 e. The Bertz CT molecular complexity index is 1090. The monoisotopic (exact) mass is 506 g/mol. The van der Waals surface area contributed by atoms with E-state index in [0.717, 1.165) is 18.9 Å². The normalized spacial score (nSPS) is 29.0. The molecule has 2 aromatic rings. The summed E-state index contributed by atoms with van der Waals surface area (Å²) in [6.45, 7) is 2.15. The van der Waals surface area contributed by atoms with Gasteiger partial charge >= 0.3 is 5.97 Å². The molecule has 2 fully saturated rings. The van der Waals surface area contributed by atoms with Crippen molar-refractivity contribution in [3.05, 3.63) is 64.5 Å². The lowest BCUT2D eigenvalue weighted by Gasteiger charge is -2.47. The van der Waals surface area contributed by atoms with Gasteiger partial charge in [0.15, 0.2) is 0 Å². The van der Waals surface area contributed by atoms with Crippen molar-refractivity contribution in [2.75, 3.05) is 0 Å². The van der Waals surface area contributed by atoms with Gasteiger partial charge in [-0.1, -0.05) is 12.1 Å². The van der Waals surface area contributed by atoms with E-state index in [-0.39, 0.29) is 35.8 Å². The van der Waals surface area contributed by atoms with E-state index < -0.39 is 48.1 Å². The van der Waals surface area contributed by atoms with Gasteiger partial charge in [-0.05, 0) is 55.2 Å². The van der Waals surface area contributed by atoms with Crippen LogP contribution < -0.4 is 4.74 Å². The van der Waals surface area contributed by atoms with Crippen LogP contribution in [0.5, 0.6) is 5.75 Å². The van der Waals surface area contributed by atoms with Gasteiger partial charge in [0.2, 0.25) is 5.79 Å². The van der Waals surface area contributed by atoms with E-state index in [1.807, 2.05) is 0 Å². The molecule has 2 aliphatic rings. The average Bonchev–Trinajstić information content (AvgIpc) is 3.65. The lowest BCUT2D eigenvalue weighted by atomic mass is 9.83. The van der Waals surface area contributed by atoms with Gasteiger partial charge in [0, 0.05) is 24.5 Å². The van der Waals surface area contributed by atoms with Crippen LogP contribution in [0.1, 0.15) is 48.9 Å². The van der Waals surface area contributed by atoms with Gasteiger partial charge in [0.1, 0.15) is 42.6 Å². The first-order valence-corrected chi connectivity index (χ1v) is 11.8. The lowest BCUT2D eigenvalue weighted by molar-refractivity contribution is -0.364. The molecular weight excluding hydrogens is 475 g/mol. The van der Waals surface area contributed by atoms with Gasteiger partial charge in [-0.25, -0.2) is 4.39 Å². The van der Waals surface area contributed by atoms with Crippen molar-refractivity contribution in [2.45, 2.75) is 82.1 Å². The summed E-state index contributed by atoms with van der Waals surface area (Å²) in [7, 11) is 0. The standard InChI is InChI=1S/C26H31FO9/c1-13(28)24-22(30)23(31)25(32)26(33,36-24)20-10-16(12-34-14(2)29)11-21(27)19(20)9-15-3-5-17(6-4-15)35-18-7-8-18/h3-6,10-11,13,18,22-25,28,30-33H,7-9,12H2,1-2H3/t13-,22-,23-,24+,25+,26+/m0/s1. The number of rotatable bonds is 8. The summed E-state index contributed by atoms with van der Waals surface area (Å²) >= 11 is 0. The zero-order chi connectivity index (χ0) is 26.2. The summed E-state index contributed by atoms with van der Waals surface area (Å²) < 4.78 is 31.7. The molecule has 1 heterocycles. The maximum Gasteiger partial charge on any atom is 0.302 e. The van der Waals surface area contributed by atoms with Crippen molar-refractivity contribution in [3.8, 4) is 5.75 Å². The van der Waals surface area contributed by atoms with E-state index in [0.29, 0.717) is 11.3 Å². The zero-order valence-corrected chi connectivity index (χ0v) is 20.0. The molecule has 9 nitrogen and oxygen atoms in total. The van der Waals surface area contributed by atoms with Gasteiger partial charge in [-0.15, -0.1) is 0 Å². The number of hydrogen-bond acceptors (Lipinski definition) is 9. The van der Waals surface area contributed by atoms with Gasteiger partial charge in [-0.2, -0.15) is 0 Å². The van der Waals surface area contributed by atoms with E-state index in [4.69, 9.17) is 14.2 Å². The molecule has 36 heavy (non-hydrogen) atoms. The van der Waals surface area contributed by atoms with E-state index in [9.17, 15) is 30.3 Å². The molecule has 6 atom stereocenters. The molecule has 1 saturated carbocycles. The van der Waals surface area contributed by atoms with Crippen LogP contribution in [0.25, 0.3) is 0 Å². The molecule has 1 saturated heterocycles. The number of hydrogen-bond donors (Lipinski definition) is 5. The predicted molar refractivity (Wildman–Crippen MR) is 123 cm³/mol. The van der Waals surface area contributed by atoms with Crippen molar-refractivity contribution in [2.24, 2.45) is 0 Å². The number of carbonyl (C=O) groups is 1. The fourth-order valence-electron chi connectivity index (χ4n) is 4.29. The minimum atomic E-state index is -2.70. The highest BCUT2D eigenvalue weighted by Gasteiger charge is 2.55. The van der Waals surface area contributed by atoms with Crippen molar-refractivity contribution >= 4 is 5.97 Å². The molecule has 10 heteroatoms. The Hall–Kier alpha value is -2.60. The lowest BCUT2D eigenvalue weighted by Crippen LogP contribution is -2.65. The Kier molecular flexibility index (Phi) is 7.65. The SMILES string of the molecule is CC(=O)OCc1cc(F)c(Cc2ccc(OC3CC3)cc2)c([C@@]2(O)O[C@H]([C@H](C)O)[C@@H](O)[C@H](O)[C@H]2O)c1. The summed E-state index contributed by atoms with van der Waals surface area (Å²) in [5, 5.41) is 53.0. The Balaban J connectivity index is 1.74. The number of aliphatic hydroxyl groups is 5. The largest absolute Gasteiger partial charge is 0.490 e. The van der Waals surface area contributed by atoms with Crippen LogP contribution in [-0.2, 0) is 33.1 Å². The predicted octanol–water partition coefficient (Wildman–Crippen LogP) is 1.03. The third-order valence-electron chi connectivity index (χ3n) is 6.42. The third kappa shape index (κ3) is 5.54. The average molecular weight is 507 g/mol. The summed E-state index contributed by atoms with van der Waals surface area (Å²) in [5.41, 5.74) is 0.541. The minimum absolute atomic E-state index is 0.0326. The van der Waals surface area contributed by atoms with Crippen LogP contribution in [0.4, 0.5) is 4.39 Å². The second-order valence-corrected chi connectivity index (χ2v) is 9.47. The van der Waals surface area contributed by atoms with E-state index in [1.165, 1.54) is 19.9 Å². The summed E-state index contributed by atoms with van der Waals surface area (Å²) in [6, 6.07) is 9.44. The first-order valence-electron chi connectivity index (χ1n) is 11.8. The van der Waals surface area contributed by atoms with Crippen LogP contribution in [0.15, 0.2) is 36.4 Å². The second-order valence-electron chi connectivity index (χ2n) is 9.47. The maximum absolute atomic E-state index is 15.5. The van der Waals surface area contributed by atoms with Crippen LogP contribution in [0.3, 0.4) is 0 Å². The zero-order valence-electron chi connectivity index (χ0n) is 20.0. The molecule has 4 rings (SSSR count). The first-order chi connectivity index (χ1) is 17.0. The molecule has 0 radical (unpaired) electrons. The van der Waals surface area contributed by atoms with Crippen molar-refractivity contribution < 1.29 is 48.9 Å². The molecule has 1 aliphatic carbocycles. The highest BCUT2D eigenvalue weighted by atomic mass is 19.1. The molecule has 1 aliphatic heterocycles. The Labute approximate surface area is 207 Å². The topological polar surface area (TPSA) is 146 Å². The smallest absolute Gasteiger partial charge is 0.302 e. The van der Waals surface area contributed by atoms with Crippen molar-refractivity contribution in [1.82, 2.24) is 0 Å². The van der Waals surface area contributed by atoms with Crippen molar-refractivity contribution in [1.29, 1.82) is 0 Å². The molecule has 0 amide bonds. The van der Waals surface area contributed by atoms with Crippen LogP contribution in [0.2, 0.25) is 0 Å². The Morgan fingerprint density at radius 2 is 1.81 bits per heavy atom. The Morgan fingerprint density at radius 3 is 2.39 bits per heavy atom. The number of aliphatic hydroxyl groups excluding tert-OH is 4. The fraction of sp³-hybridized carbons (Fsp3) is 0.500. The van der Waals surface area contributed by atoms with Gasteiger partial charge in [0.25, 0.3) is 0 Å². The summed E-state index contributed by atoms with van der Waals surface area (Å²) in [5.74, 6) is -3.39. The highest BCUT2D eigenvalue weighted by Crippen LogP contribution is 2.40. The van der Waals surface area contributed by atoms with Crippen molar-refractivity contribution in [3.63, 3.8) is 0 Å². The van der Waals surface area contributed by atoms with E-state index >= 15 is 4.39 Å². The Morgan fingerprint density at radius 1 is 1.14 bits per heavy atom. The molecule has 5 N–H and O–H groups in total. The van der Waals surface area contributed by atoms with E-state index in [2.05, 4.69) is 0 Å². The summed E-state index contributed by atoms with van der Waals surface area (Å²) in [4.78, 5) is 11.3. The van der Waals surface area contributed by atoms with Crippen LogP contribution >= 0.6 is 0 Å². The molecule has 0 spiro atoms. The first kappa shape index (κ1) is 26.5. The molecule has 0 bridgehead atoms. The third-order valence-corrected chi connectivity index (χ3v) is 6.42. The number of carbonyl (C=O) groups excluding carboxylic acids is 1. The number of ether oxygens (including phenoxy) is 3. The highest BCUT2D eigenvalue weighted by molar-refractivity contribution is 5.66. The van der Waals surface area contributed by atoms with Gasteiger partial charge in [0.05, 0.1) is 12.2 Å². The van der Waals surface area contributed by atoms with Crippen LogP contribution in [0, 0.1) is 5.82 Å². The molecule has 0 aromatic heterocycles.